The van der Waals surface area contributed by atoms with Gasteiger partial charge in [0.2, 0.25) is 6.10 Å². The fraction of sp³-hybridized carbons (Fsp3) is 0.214. The maximum atomic E-state index is 12.9. The normalized spacial score (nSPS) is 18.3. The molecule has 5 N–H and O–H groups in total. The third-order valence-electron chi connectivity index (χ3n) is 5.94. The Bertz CT molecular complexity index is 1280. The standard InChI is InChI=1S/C19H20N2O3.C9H8N2O2.H2O/c1-2-3-9-17-18(23)20(14-7-5-4-6-8-14)21(19(17)24)15-10-12-16(22)13-11-15;10-9-11-8(12)7(13-9)6-4-2-1-3-5-6;/h4-8,10-13,17,22H,2-3,9H2,1H3;1-5,7H,(H2,10,11,12);1H2. The van der Waals surface area contributed by atoms with Crippen LogP contribution in [0.4, 0.5) is 11.4 Å². The van der Waals surface area contributed by atoms with Crippen LogP contribution in [0, 0.1) is 5.92 Å². The van der Waals surface area contributed by atoms with Gasteiger partial charge in [0.1, 0.15) is 11.7 Å². The number of hydrazine groups is 1. The lowest BCUT2D eigenvalue weighted by atomic mass is 10.0. The molecular formula is C28H30N4O6. The van der Waals surface area contributed by atoms with Gasteiger partial charge < -0.3 is 21.1 Å². The van der Waals surface area contributed by atoms with Crippen molar-refractivity contribution in [2.75, 3.05) is 10.0 Å². The van der Waals surface area contributed by atoms with Gasteiger partial charge in [0.15, 0.2) is 0 Å². The highest BCUT2D eigenvalue weighted by Gasteiger charge is 2.46. The van der Waals surface area contributed by atoms with Crippen molar-refractivity contribution in [1.29, 1.82) is 0 Å². The Morgan fingerprint density at radius 2 is 1.37 bits per heavy atom. The summed E-state index contributed by atoms with van der Waals surface area (Å²) in [7, 11) is 0. The number of para-hydroxylation sites is 1. The van der Waals surface area contributed by atoms with Crippen molar-refractivity contribution in [2.24, 2.45) is 16.6 Å². The van der Waals surface area contributed by atoms with Crippen molar-refractivity contribution in [1.82, 2.24) is 0 Å². The second-order valence-electron chi connectivity index (χ2n) is 8.54. The van der Waals surface area contributed by atoms with Gasteiger partial charge in [0.05, 0.1) is 11.4 Å². The van der Waals surface area contributed by atoms with Gasteiger partial charge in [0.25, 0.3) is 23.7 Å². The third-order valence-corrected chi connectivity index (χ3v) is 5.94. The minimum Gasteiger partial charge on any atom is -0.508 e. The summed E-state index contributed by atoms with van der Waals surface area (Å²) in [5, 5.41) is 12.3. The molecule has 10 nitrogen and oxygen atoms in total. The van der Waals surface area contributed by atoms with Gasteiger partial charge in [-0.1, -0.05) is 68.3 Å². The Morgan fingerprint density at radius 3 is 1.87 bits per heavy atom. The van der Waals surface area contributed by atoms with Crippen LogP contribution in [0.5, 0.6) is 5.75 Å². The summed E-state index contributed by atoms with van der Waals surface area (Å²) in [6.45, 7) is 2.04. The Labute approximate surface area is 220 Å². The van der Waals surface area contributed by atoms with Crippen molar-refractivity contribution in [2.45, 2.75) is 32.3 Å². The molecule has 0 aliphatic carbocycles. The summed E-state index contributed by atoms with van der Waals surface area (Å²) >= 11 is 0. The Morgan fingerprint density at radius 1 is 0.842 bits per heavy atom. The smallest absolute Gasteiger partial charge is 0.296 e. The van der Waals surface area contributed by atoms with Crippen LogP contribution in [0.2, 0.25) is 0 Å². The first-order chi connectivity index (χ1) is 17.9. The molecule has 3 aromatic carbocycles. The van der Waals surface area contributed by atoms with E-state index in [4.69, 9.17) is 10.5 Å². The van der Waals surface area contributed by atoms with Gasteiger partial charge in [-0.2, -0.15) is 4.99 Å². The highest BCUT2D eigenvalue weighted by Crippen LogP contribution is 2.34. The molecule has 0 radical (unpaired) electrons. The van der Waals surface area contributed by atoms with E-state index in [1.807, 2.05) is 43.3 Å². The number of hydrogen-bond acceptors (Lipinski definition) is 6. The molecule has 2 heterocycles. The number of nitrogens with zero attached hydrogens (tertiary/aromatic N) is 3. The summed E-state index contributed by atoms with van der Waals surface area (Å²) in [5.41, 5.74) is 7.25. The molecule has 0 saturated carbocycles. The molecule has 2 unspecified atom stereocenters. The Hall–Kier alpha value is -4.70. The first kappa shape index (κ1) is 27.9. The number of nitrogens with two attached hydrogens (primary N) is 1. The lowest BCUT2D eigenvalue weighted by molar-refractivity contribution is -0.127. The zero-order valence-corrected chi connectivity index (χ0v) is 20.9. The molecule has 0 bridgehead atoms. The van der Waals surface area contributed by atoms with Gasteiger partial charge in [0, 0.05) is 5.56 Å². The lowest BCUT2D eigenvalue weighted by Crippen LogP contribution is -2.41. The number of carbonyl (C=O) groups is 3. The van der Waals surface area contributed by atoms with Gasteiger partial charge in [-0.25, -0.2) is 10.0 Å². The van der Waals surface area contributed by atoms with E-state index in [1.165, 1.54) is 22.2 Å². The van der Waals surface area contributed by atoms with Gasteiger partial charge in [-0.3, -0.25) is 14.4 Å². The molecule has 10 heteroatoms. The number of benzene rings is 3. The largest absolute Gasteiger partial charge is 0.508 e. The summed E-state index contributed by atoms with van der Waals surface area (Å²) in [4.78, 5) is 40.5. The molecule has 1 saturated heterocycles. The highest BCUT2D eigenvalue weighted by atomic mass is 16.5. The number of phenolic OH excluding ortho intramolecular Hbond substituents is 1. The van der Waals surface area contributed by atoms with Gasteiger partial charge >= 0.3 is 0 Å². The first-order valence-electron chi connectivity index (χ1n) is 12.0. The van der Waals surface area contributed by atoms with E-state index in [0.29, 0.717) is 17.8 Å². The Balaban J connectivity index is 0.000000242. The van der Waals surface area contributed by atoms with Crippen molar-refractivity contribution >= 4 is 35.1 Å². The van der Waals surface area contributed by atoms with E-state index in [2.05, 4.69) is 4.99 Å². The summed E-state index contributed by atoms with van der Waals surface area (Å²) < 4.78 is 5.04. The lowest BCUT2D eigenvalue weighted by Gasteiger charge is -2.27. The number of unbranched alkanes of at least 4 members (excludes halogenated alkanes) is 1. The number of amides is 3. The minimum atomic E-state index is -0.654. The quantitative estimate of drug-likeness (QED) is 0.477. The number of carbonyl (C=O) groups excluding carboxylic acids is 3. The van der Waals surface area contributed by atoms with Crippen molar-refractivity contribution in [3.8, 4) is 5.75 Å². The van der Waals surface area contributed by atoms with Crippen LogP contribution in [-0.2, 0) is 19.1 Å². The molecule has 3 aromatic rings. The molecular weight excluding hydrogens is 488 g/mol. The SMILES string of the molecule is CCCCC1C(=O)N(c2ccccc2)N(c2ccc(O)cc2)C1=O.NC1=NC(=O)C(c2ccccc2)O1.O. The number of ether oxygens (including phenoxy) is 1. The summed E-state index contributed by atoms with van der Waals surface area (Å²) in [6, 6.07) is 24.5. The predicted molar refractivity (Wildman–Crippen MR) is 143 cm³/mol. The van der Waals surface area contributed by atoms with Gasteiger partial charge in [-0.15, -0.1) is 0 Å². The molecule has 5 rings (SSSR count). The molecule has 0 spiro atoms. The fourth-order valence-electron chi connectivity index (χ4n) is 4.10. The second-order valence-corrected chi connectivity index (χ2v) is 8.54. The topological polar surface area (TPSA) is 157 Å². The van der Waals surface area contributed by atoms with Crippen LogP contribution in [-0.4, -0.2) is 34.3 Å². The summed E-state index contributed by atoms with van der Waals surface area (Å²) in [6.07, 6.45) is 1.66. The van der Waals surface area contributed by atoms with Crippen LogP contribution in [0.3, 0.4) is 0 Å². The van der Waals surface area contributed by atoms with Crippen molar-refractivity contribution < 1.29 is 29.7 Å². The number of rotatable bonds is 6. The van der Waals surface area contributed by atoms with E-state index in [9.17, 15) is 19.5 Å². The van der Waals surface area contributed by atoms with Crippen LogP contribution in [0.25, 0.3) is 0 Å². The number of aliphatic imine (C=N–C) groups is 1. The number of phenols is 1. The van der Waals surface area contributed by atoms with Crippen LogP contribution in [0.15, 0.2) is 89.9 Å². The first-order valence-corrected chi connectivity index (χ1v) is 12.0. The summed E-state index contributed by atoms with van der Waals surface area (Å²) in [5.74, 6) is -1.30. The molecule has 1 fully saturated rings. The highest BCUT2D eigenvalue weighted by molar-refractivity contribution is 6.23. The monoisotopic (exact) mass is 518 g/mol. The van der Waals surface area contributed by atoms with Crippen molar-refractivity contribution in [3.05, 3.63) is 90.5 Å². The maximum absolute atomic E-state index is 12.9. The van der Waals surface area contributed by atoms with Gasteiger partial charge in [-0.05, 0) is 42.8 Å². The minimum absolute atomic E-state index is 0. The van der Waals surface area contributed by atoms with E-state index >= 15 is 0 Å². The molecule has 38 heavy (non-hydrogen) atoms. The fourth-order valence-corrected chi connectivity index (χ4v) is 4.10. The number of anilines is 2. The molecule has 3 amide bonds. The van der Waals surface area contributed by atoms with E-state index in [1.54, 1.807) is 36.4 Å². The average Bonchev–Trinajstić information content (AvgIpc) is 3.38. The molecule has 2 aliphatic rings. The van der Waals surface area contributed by atoms with Crippen molar-refractivity contribution in [3.63, 3.8) is 0 Å². The van der Waals surface area contributed by atoms with E-state index < -0.39 is 12.0 Å². The molecule has 2 atom stereocenters. The molecule has 198 valence electrons. The van der Waals surface area contributed by atoms with E-state index in [-0.39, 0.29) is 35.0 Å². The second kappa shape index (κ2) is 12.5. The van der Waals surface area contributed by atoms with Crippen LogP contribution >= 0.6 is 0 Å². The predicted octanol–water partition coefficient (Wildman–Crippen LogP) is 3.27. The molecule has 2 aliphatic heterocycles. The third kappa shape index (κ3) is 5.98. The number of aromatic hydroxyl groups is 1. The number of amidine groups is 1. The van der Waals surface area contributed by atoms with Crippen LogP contribution in [0.1, 0.15) is 37.9 Å². The number of hydrogen-bond donors (Lipinski definition) is 2. The average molecular weight is 519 g/mol. The maximum Gasteiger partial charge on any atom is 0.296 e. The zero-order valence-electron chi connectivity index (χ0n) is 20.9. The van der Waals surface area contributed by atoms with Crippen LogP contribution < -0.4 is 15.8 Å². The Kier molecular flexibility index (Phi) is 9.18. The van der Waals surface area contributed by atoms with E-state index in [0.717, 1.165) is 18.4 Å². The molecule has 0 aromatic heterocycles. The zero-order chi connectivity index (χ0) is 26.4.